The minimum Gasteiger partial charge on any atom is -0.463 e. The summed E-state index contributed by atoms with van der Waals surface area (Å²) in [4.78, 5) is 86.2. The van der Waals surface area contributed by atoms with Crippen molar-refractivity contribution in [2.75, 3.05) is 13.2 Å². The van der Waals surface area contributed by atoms with Crippen LogP contribution < -0.4 is 0 Å². The minimum absolute atomic E-state index is 0.471. The maximum Gasteiger partial charge on any atom is 0.303 e. The third-order valence-electron chi connectivity index (χ3n) is 6.88. The maximum absolute atomic E-state index is 12.5. The smallest absolute Gasteiger partial charge is 0.303 e. The number of esters is 7. The van der Waals surface area contributed by atoms with Crippen LogP contribution in [0.5, 0.6) is 0 Å². The van der Waals surface area contributed by atoms with Crippen molar-refractivity contribution in [3.8, 4) is 0 Å². The molecule has 2 aliphatic heterocycles. The Balaban J connectivity index is 2.16. The summed E-state index contributed by atoms with van der Waals surface area (Å²) >= 11 is 1.12. The molecule has 0 spiro atoms. The SMILES string of the molecule is CC(=O)OC[C@H]1O[C@H](Sc2ccccc2)[C@H](OC(C)=O)[C@@H](OC(C)=O)[C@@H]1O[C@@H]1O[C@H](COC(C)=O)[C@@H](OC(C)=O)[C@H](OC(C)=O)[C@H]1OC(C)=O. The highest BCUT2D eigenvalue weighted by molar-refractivity contribution is 7.99. The number of carbonyl (C=O) groups excluding carboxylic acids is 7. The van der Waals surface area contributed by atoms with Crippen LogP contribution in [0.4, 0.5) is 0 Å². The fourth-order valence-corrected chi connectivity index (χ4v) is 6.33. The summed E-state index contributed by atoms with van der Waals surface area (Å²) in [7, 11) is 0. The second kappa shape index (κ2) is 18.7. The molecule has 0 radical (unpaired) electrons. The molecule has 17 nitrogen and oxygen atoms in total. The van der Waals surface area contributed by atoms with Gasteiger partial charge in [-0.15, -0.1) is 0 Å². The summed E-state index contributed by atoms with van der Waals surface area (Å²) in [5.41, 5.74) is -1.05. The molecule has 0 bridgehead atoms. The molecule has 0 saturated carbocycles. The molecule has 276 valence electrons. The average Bonchev–Trinajstić information content (AvgIpc) is 3.00. The van der Waals surface area contributed by atoms with Crippen molar-refractivity contribution >= 4 is 53.5 Å². The number of rotatable bonds is 13. The second-order valence-electron chi connectivity index (χ2n) is 11.1. The first-order valence-corrected chi connectivity index (χ1v) is 16.2. The van der Waals surface area contributed by atoms with Crippen LogP contribution in [-0.4, -0.2) is 116 Å². The van der Waals surface area contributed by atoms with Gasteiger partial charge in [0.1, 0.15) is 37.0 Å². The van der Waals surface area contributed by atoms with Gasteiger partial charge in [-0.1, -0.05) is 30.0 Å². The van der Waals surface area contributed by atoms with E-state index in [2.05, 4.69) is 0 Å². The van der Waals surface area contributed by atoms with E-state index in [1.807, 2.05) is 0 Å². The zero-order chi connectivity index (χ0) is 37.1. The molecule has 1 aromatic carbocycles. The highest BCUT2D eigenvalue weighted by Gasteiger charge is 2.57. The molecule has 2 fully saturated rings. The second-order valence-corrected chi connectivity index (χ2v) is 12.3. The van der Waals surface area contributed by atoms with Gasteiger partial charge in [0, 0.05) is 53.4 Å². The predicted octanol–water partition coefficient (Wildman–Crippen LogP) is 1.40. The van der Waals surface area contributed by atoms with Gasteiger partial charge < -0.3 is 47.4 Å². The Morgan fingerprint density at radius 3 is 1.42 bits per heavy atom. The van der Waals surface area contributed by atoms with Crippen LogP contribution in [0.2, 0.25) is 0 Å². The Kier molecular flexibility index (Phi) is 15.0. The van der Waals surface area contributed by atoms with Gasteiger partial charge >= 0.3 is 41.8 Å². The molecule has 0 aromatic heterocycles. The third-order valence-corrected chi connectivity index (χ3v) is 8.04. The third kappa shape index (κ3) is 12.0. The largest absolute Gasteiger partial charge is 0.463 e. The molecule has 0 aliphatic carbocycles. The van der Waals surface area contributed by atoms with Crippen LogP contribution in [-0.2, 0) is 80.9 Å². The number of benzene rings is 1. The lowest BCUT2D eigenvalue weighted by atomic mass is 9.96. The predicted molar refractivity (Wildman–Crippen MR) is 166 cm³/mol. The van der Waals surface area contributed by atoms with Crippen molar-refractivity contribution in [1.82, 2.24) is 0 Å². The number of hydrogen-bond acceptors (Lipinski definition) is 18. The fourth-order valence-electron chi connectivity index (χ4n) is 5.20. The number of ether oxygens (including phenoxy) is 10. The van der Waals surface area contributed by atoms with Crippen LogP contribution in [0.25, 0.3) is 0 Å². The van der Waals surface area contributed by atoms with Crippen molar-refractivity contribution in [2.45, 2.75) is 114 Å². The number of hydrogen-bond donors (Lipinski definition) is 0. The Bertz CT molecular complexity index is 1390. The van der Waals surface area contributed by atoms with Gasteiger partial charge in [0.2, 0.25) is 0 Å². The number of thioether (sulfide) groups is 1. The monoisotopic (exact) mass is 728 g/mol. The zero-order valence-corrected chi connectivity index (χ0v) is 29.2. The summed E-state index contributed by atoms with van der Waals surface area (Å²) in [5, 5.41) is 0. The van der Waals surface area contributed by atoms with Crippen LogP contribution in [0.3, 0.4) is 0 Å². The first kappa shape index (κ1) is 40.2. The molecule has 0 N–H and O–H groups in total. The highest BCUT2D eigenvalue weighted by Crippen LogP contribution is 2.39. The Morgan fingerprint density at radius 2 is 0.940 bits per heavy atom. The molecule has 50 heavy (non-hydrogen) atoms. The minimum atomic E-state index is -1.75. The topological polar surface area (TPSA) is 212 Å². The zero-order valence-electron chi connectivity index (χ0n) is 28.4. The van der Waals surface area contributed by atoms with Gasteiger partial charge in [-0.3, -0.25) is 33.6 Å². The van der Waals surface area contributed by atoms with Crippen molar-refractivity contribution < 1.29 is 80.9 Å². The van der Waals surface area contributed by atoms with Crippen molar-refractivity contribution in [3.63, 3.8) is 0 Å². The highest BCUT2D eigenvalue weighted by atomic mass is 32.2. The summed E-state index contributed by atoms with van der Waals surface area (Å²) in [5.74, 6) is -5.63. The molecular formula is C32H40O17S. The van der Waals surface area contributed by atoms with Crippen molar-refractivity contribution in [1.29, 1.82) is 0 Å². The molecule has 0 amide bonds. The maximum atomic E-state index is 12.5. The molecule has 1 aromatic rings. The van der Waals surface area contributed by atoms with Gasteiger partial charge in [0.05, 0.1) is 0 Å². The van der Waals surface area contributed by atoms with E-state index in [9.17, 15) is 33.6 Å². The van der Waals surface area contributed by atoms with Crippen molar-refractivity contribution in [2.24, 2.45) is 0 Å². The average molecular weight is 729 g/mol. The van der Waals surface area contributed by atoms with E-state index in [1.165, 1.54) is 0 Å². The Labute approximate surface area is 291 Å². The first-order valence-electron chi connectivity index (χ1n) is 15.4. The Hall–Kier alpha value is -4.26. The van der Waals surface area contributed by atoms with E-state index in [1.54, 1.807) is 30.3 Å². The Morgan fingerprint density at radius 1 is 0.520 bits per heavy atom. The van der Waals surface area contributed by atoms with Crippen LogP contribution in [0.1, 0.15) is 48.5 Å². The molecular weight excluding hydrogens is 688 g/mol. The van der Waals surface area contributed by atoms with E-state index >= 15 is 0 Å². The summed E-state index contributed by atoms with van der Waals surface area (Å²) in [6.07, 6.45) is -13.4. The lowest BCUT2D eigenvalue weighted by Crippen LogP contribution is -2.66. The first-order chi connectivity index (χ1) is 23.5. The molecule has 2 saturated heterocycles. The molecule has 2 heterocycles. The van der Waals surface area contributed by atoms with Gasteiger partial charge in [0.15, 0.2) is 36.8 Å². The van der Waals surface area contributed by atoms with Gasteiger partial charge in [-0.05, 0) is 12.1 Å². The van der Waals surface area contributed by atoms with Crippen LogP contribution >= 0.6 is 11.8 Å². The van der Waals surface area contributed by atoms with Gasteiger partial charge in [0.25, 0.3) is 0 Å². The van der Waals surface area contributed by atoms with Crippen molar-refractivity contribution in [3.05, 3.63) is 30.3 Å². The van der Waals surface area contributed by atoms with Crippen LogP contribution in [0.15, 0.2) is 35.2 Å². The fraction of sp³-hybridized carbons (Fsp3) is 0.594. The standard InChI is InChI=1S/C32H40O17S/c1-15(33)40-13-23-25(42-17(3)35)27(43-18(4)36)29(45-20(6)38)31(47-23)49-26-24(14-41-16(2)34)48-32(50-22-11-9-8-10-12-22)30(46-21(7)39)28(26)44-19(5)37/h8-12,23-32H,13-14H2,1-7H3/t23-,24-,25-,26-,27+,28+,29-,30-,31+,32-/m1/s1. The van der Waals surface area contributed by atoms with E-state index < -0.39 is 116 Å². The molecule has 18 heteroatoms. The number of carbonyl (C=O) groups is 7. The van der Waals surface area contributed by atoms with E-state index in [-0.39, 0.29) is 0 Å². The summed E-state index contributed by atoms with van der Waals surface area (Å²) < 4.78 is 56.8. The summed E-state index contributed by atoms with van der Waals surface area (Å²) in [6, 6.07) is 8.85. The van der Waals surface area contributed by atoms with E-state index in [0.717, 1.165) is 60.2 Å². The lowest BCUT2D eigenvalue weighted by Gasteiger charge is -2.48. The van der Waals surface area contributed by atoms with E-state index in [0.29, 0.717) is 4.90 Å². The normalized spacial score (nSPS) is 29.0. The van der Waals surface area contributed by atoms with Gasteiger partial charge in [-0.2, -0.15) is 0 Å². The summed E-state index contributed by atoms with van der Waals surface area (Å²) in [6.45, 7) is 6.66. The lowest BCUT2D eigenvalue weighted by molar-refractivity contribution is -0.341. The quantitative estimate of drug-likeness (QED) is 0.207. The van der Waals surface area contributed by atoms with E-state index in [4.69, 9.17) is 47.4 Å². The molecule has 2 aliphatic rings. The molecule has 10 atom stereocenters. The van der Waals surface area contributed by atoms with Gasteiger partial charge in [-0.25, -0.2) is 0 Å². The molecule has 0 unspecified atom stereocenters. The molecule has 3 rings (SSSR count). The van der Waals surface area contributed by atoms with Crippen LogP contribution in [0, 0.1) is 0 Å².